The van der Waals surface area contributed by atoms with Crippen molar-refractivity contribution in [2.24, 2.45) is 0 Å². The fourth-order valence-corrected chi connectivity index (χ4v) is 1.17. The predicted octanol–water partition coefficient (Wildman–Crippen LogP) is 0.608. The molecule has 0 atom stereocenters. The zero-order valence-corrected chi connectivity index (χ0v) is 9.14. The molecule has 1 amide bonds. The van der Waals surface area contributed by atoms with Crippen molar-refractivity contribution in [2.45, 2.75) is 6.04 Å². The SMILES string of the molecule is O=C(NC(C(=O)O)C(=O)O)c1ccc(Cl)cc1. The van der Waals surface area contributed by atoms with Crippen LogP contribution < -0.4 is 5.32 Å². The highest BCUT2D eigenvalue weighted by atomic mass is 35.5. The average Bonchev–Trinajstić information content (AvgIpc) is 2.25. The summed E-state index contributed by atoms with van der Waals surface area (Å²) in [4.78, 5) is 32.6. The number of nitrogens with one attached hydrogen (secondary N) is 1. The van der Waals surface area contributed by atoms with E-state index >= 15 is 0 Å². The van der Waals surface area contributed by atoms with Crippen LogP contribution in [0.5, 0.6) is 0 Å². The van der Waals surface area contributed by atoms with E-state index in [4.69, 9.17) is 21.8 Å². The number of carboxylic acids is 2. The summed E-state index contributed by atoms with van der Waals surface area (Å²) in [6.07, 6.45) is 0. The quantitative estimate of drug-likeness (QED) is 0.686. The topological polar surface area (TPSA) is 104 Å². The number of rotatable bonds is 4. The van der Waals surface area contributed by atoms with Crippen molar-refractivity contribution in [3.05, 3.63) is 34.9 Å². The van der Waals surface area contributed by atoms with Crippen LogP contribution in [0, 0.1) is 0 Å². The van der Waals surface area contributed by atoms with Crippen LogP contribution in [0.1, 0.15) is 10.4 Å². The molecule has 0 aromatic heterocycles. The fraction of sp³-hybridized carbons (Fsp3) is 0.100. The Morgan fingerprint density at radius 2 is 1.53 bits per heavy atom. The minimum atomic E-state index is -1.97. The number of hydrogen-bond donors (Lipinski definition) is 3. The first kappa shape index (κ1) is 13.0. The number of benzene rings is 1. The van der Waals surface area contributed by atoms with E-state index in [1.54, 1.807) is 0 Å². The van der Waals surface area contributed by atoms with Gasteiger partial charge in [0.1, 0.15) is 0 Å². The van der Waals surface area contributed by atoms with Crippen molar-refractivity contribution >= 4 is 29.4 Å². The average molecular weight is 258 g/mol. The number of halogens is 1. The van der Waals surface area contributed by atoms with Crippen LogP contribution in [-0.2, 0) is 9.59 Å². The molecule has 3 N–H and O–H groups in total. The predicted molar refractivity (Wildman–Crippen MR) is 58.0 cm³/mol. The fourth-order valence-electron chi connectivity index (χ4n) is 1.04. The van der Waals surface area contributed by atoms with Gasteiger partial charge in [-0.25, -0.2) is 9.59 Å². The lowest BCUT2D eigenvalue weighted by Crippen LogP contribution is -2.46. The number of hydrogen-bond acceptors (Lipinski definition) is 3. The van der Waals surface area contributed by atoms with Crippen LogP contribution in [0.15, 0.2) is 24.3 Å². The molecular weight excluding hydrogens is 250 g/mol. The first-order valence-corrected chi connectivity index (χ1v) is 4.81. The molecule has 0 fully saturated rings. The van der Waals surface area contributed by atoms with Crippen LogP contribution in [-0.4, -0.2) is 34.1 Å². The van der Waals surface area contributed by atoms with E-state index < -0.39 is 23.9 Å². The van der Waals surface area contributed by atoms with Crippen LogP contribution in [0.4, 0.5) is 0 Å². The maximum absolute atomic E-state index is 11.5. The Morgan fingerprint density at radius 3 is 1.94 bits per heavy atom. The van der Waals surface area contributed by atoms with Crippen molar-refractivity contribution in [3.63, 3.8) is 0 Å². The second-order valence-electron chi connectivity index (χ2n) is 3.09. The van der Waals surface area contributed by atoms with Gasteiger partial charge in [0.05, 0.1) is 0 Å². The molecule has 90 valence electrons. The highest BCUT2D eigenvalue weighted by Gasteiger charge is 2.27. The van der Waals surface area contributed by atoms with Gasteiger partial charge in [0.25, 0.3) is 5.91 Å². The van der Waals surface area contributed by atoms with Gasteiger partial charge < -0.3 is 15.5 Å². The third-order valence-electron chi connectivity index (χ3n) is 1.88. The van der Waals surface area contributed by atoms with E-state index in [9.17, 15) is 14.4 Å². The Kier molecular flexibility index (Phi) is 4.06. The molecule has 0 aliphatic heterocycles. The van der Waals surface area contributed by atoms with Gasteiger partial charge in [-0.3, -0.25) is 4.79 Å². The van der Waals surface area contributed by atoms with Crippen LogP contribution in [0.3, 0.4) is 0 Å². The smallest absolute Gasteiger partial charge is 0.338 e. The Balaban J connectivity index is 2.81. The molecule has 1 aromatic rings. The Bertz CT molecular complexity index is 442. The molecule has 0 aliphatic carbocycles. The maximum Gasteiger partial charge on any atom is 0.338 e. The highest BCUT2D eigenvalue weighted by molar-refractivity contribution is 6.30. The molecule has 0 unspecified atom stereocenters. The third kappa shape index (κ3) is 3.46. The summed E-state index contributed by atoms with van der Waals surface area (Å²) in [5, 5.41) is 19.4. The zero-order valence-electron chi connectivity index (χ0n) is 8.38. The summed E-state index contributed by atoms with van der Waals surface area (Å²) in [5.74, 6) is -4.07. The standard InChI is InChI=1S/C10H8ClNO5/c11-6-3-1-5(2-4-6)8(13)12-7(9(14)15)10(16)17/h1-4,7H,(H,12,13)(H,14,15)(H,16,17). The second kappa shape index (κ2) is 5.31. The molecule has 1 rings (SSSR count). The Labute approximate surface area is 101 Å². The number of carboxylic acid groups (broad SMARTS) is 2. The largest absolute Gasteiger partial charge is 0.479 e. The molecule has 6 nitrogen and oxygen atoms in total. The summed E-state index contributed by atoms with van der Waals surface area (Å²) in [6, 6.07) is 3.62. The molecule has 7 heteroatoms. The molecule has 1 aromatic carbocycles. The van der Waals surface area contributed by atoms with E-state index in [0.29, 0.717) is 5.02 Å². The summed E-state index contributed by atoms with van der Waals surface area (Å²) >= 11 is 5.60. The molecule has 17 heavy (non-hydrogen) atoms. The van der Waals surface area contributed by atoms with Crippen molar-refractivity contribution in [3.8, 4) is 0 Å². The van der Waals surface area contributed by atoms with Crippen molar-refractivity contribution in [1.82, 2.24) is 5.32 Å². The minimum Gasteiger partial charge on any atom is -0.479 e. The summed E-state index contributed by atoms with van der Waals surface area (Å²) in [6.45, 7) is 0. The van der Waals surface area contributed by atoms with Gasteiger partial charge in [-0.2, -0.15) is 0 Å². The molecule has 0 aliphatic rings. The minimum absolute atomic E-state index is 0.127. The van der Waals surface area contributed by atoms with E-state index in [2.05, 4.69) is 0 Å². The lowest BCUT2D eigenvalue weighted by atomic mass is 10.2. The molecule has 0 saturated heterocycles. The Morgan fingerprint density at radius 1 is 1.06 bits per heavy atom. The lowest BCUT2D eigenvalue weighted by molar-refractivity contribution is -0.150. The number of carbonyl (C=O) groups is 3. The van der Waals surface area contributed by atoms with Gasteiger partial charge >= 0.3 is 11.9 Å². The van der Waals surface area contributed by atoms with E-state index in [1.165, 1.54) is 24.3 Å². The first-order valence-electron chi connectivity index (χ1n) is 4.44. The highest BCUT2D eigenvalue weighted by Crippen LogP contribution is 2.09. The first-order chi connectivity index (χ1) is 7.91. The third-order valence-corrected chi connectivity index (χ3v) is 2.13. The summed E-state index contributed by atoms with van der Waals surface area (Å²) in [7, 11) is 0. The molecule has 0 bridgehead atoms. The van der Waals surface area contributed by atoms with Gasteiger partial charge in [-0.1, -0.05) is 11.6 Å². The normalized spacial score (nSPS) is 10.0. The number of amides is 1. The van der Waals surface area contributed by atoms with E-state index in [0.717, 1.165) is 0 Å². The van der Waals surface area contributed by atoms with Gasteiger partial charge in [0.15, 0.2) is 0 Å². The summed E-state index contributed by atoms with van der Waals surface area (Å²) in [5.41, 5.74) is 0.127. The molecule has 0 heterocycles. The zero-order chi connectivity index (χ0) is 13.0. The second-order valence-corrected chi connectivity index (χ2v) is 3.53. The van der Waals surface area contributed by atoms with Crippen molar-refractivity contribution < 1.29 is 24.6 Å². The van der Waals surface area contributed by atoms with Gasteiger partial charge in [0, 0.05) is 10.6 Å². The van der Waals surface area contributed by atoms with Crippen LogP contribution >= 0.6 is 11.6 Å². The molecule has 0 radical (unpaired) electrons. The maximum atomic E-state index is 11.5. The Hall–Kier alpha value is -2.08. The van der Waals surface area contributed by atoms with Crippen molar-refractivity contribution in [2.75, 3.05) is 0 Å². The lowest BCUT2D eigenvalue weighted by Gasteiger charge is -2.09. The van der Waals surface area contributed by atoms with Gasteiger partial charge in [0.2, 0.25) is 6.04 Å². The van der Waals surface area contributed by atoms with Gasteiger partial charge in [-0.15, -0.1) is 0 Å². The van der Waals surface area contributed by atoms with Crippen molar-refractivity contribution in [1.29, 1.82) is 0 Å². The molecular formula is C10H8ClNO5. The monoisotopic (exact) mass is 257 g/mol. The van der Waals surface area contributed by atoms with E-state index in [-0.39, 0.29) is 5.56 Å². The number of aliphatic carboxylic acids is 2. The molecule has 0 saturated carbocycles. The van der Waals surface area contributed by atoms with Gasteiger partial charge in [-0.05, 0) is 24.3 Å². The summed E-state index contributed by atoms with van der Waals surface area (Å²) < 4.78 is 0. The van der Waals surface area contributed by atoms with Crippen LogP contribution in [0.25, 0.3) is 0 Å². The molecule has 0 spiro atoms. The number of carbonyl (C=O) groups excluding carboxylic acids is 1. The van der Waals surface area contributed by atoms with Crippen LogP contribution in [0.2, 0.25) is 5.02 Å². The van der Waals surface area contributed by atoms with E-state index in [1.807, 2.05) is 5.32 Å².